The summed E-state index contributed by atoms with van der Waals surface area (Å²) >= 11 is 0. The van der Waals surface area contributed by atoms with Gasteiger partial charge in [0.15, 0.2) is 0 Å². The van der Waals surface area contributed by atoms with E-state index in [2.05, 4.69) is 0 Å². The molecule has 1 aromatic rings. The molecule has 0 unspecified atom stereocenters. The van der Waals surface area contributed by atoms with Crippen molar-refractivity contribution in [1.82, 2.24) is 4.90 Å². The molecule has 1 saturated heterocycles. The van der Waals surface area contributed by atoms with E-state index in [1.165, 1.54) is 0 Å². The second-order valence-corrected chi connectivity index (χ2v) is 3.41. The highest BCUT2D eigenvalue weighted by atomic mass is 16.2. The summed E-state index contributed by atoms with van der Waals surface area (Å²) in [7, 11) is 1.73. The SMILES string of the molecule is CN1C(=O)[C@H](C#N)[C@@H]1c1ccccc1. The number of amides is 1. The Hall–Kier alpha value is -1.82. The van der Waals surface area contributed by atoms with Crippen LogP contribution in [0.15, 0.2) is 30.3 Å². The molecule has 0 aromatic heterocycles. The lowest BCUT2D eigenvalue weighted by molar-refractivity contribution is -0.149. The molecule has 1 amide bonds. The number of benzene rings is 1. The van der Waals surface area contributed by atoms with Crippen LogP contribution in [0.1, 0.15) is 11.6 Å². The molecule has 0 radical (unpaired) electrons. The zero-order valence-electron chi connectivity index (χ0n) is 7.84. The fourth-order valence-corrected chi connectivity index (χ4v) is 1.83. The Kier molecular flexibility index (Phi) is 1.97. The van der Waals surface area contributed by atoms with Gasteiger partial charge in [0.25, 0.3) is 0 Å². The molecule has 1 aromatic carbocycles. The zero-order valence-corrected chi connectivity index (χ0v) is 7.84. The van der Waals surface area contributed by atoms with Gasteiger partial charge in [0.1, 0.15) is 5.92 Å². The first-order valence-electron chi connectivity index (χ1n) is 4.47. The number of carbonyl (C=O) groups is 1. The van der Waals surface area contributed by atoms with Crippen molar-refractivity contribution in [3.8, 4) is 6.07 Å². The molecule has 1 aliphatic rings. The third-order valence-electron chi connectivity index (χ3n) is 2.63. The predicted octanol–water partition coefficient (Wildman–Crippen LogP) is 1.34. The number of hydrogen-bond acceptors (Lipinski definition) is 2. The van der Waals surface area contributed by atoms with Gasteiger partial charge in [-0.15, -0.1) is 0 Å². The van der Waals surface area contributed by atoms with E-state index in [-0.39, 0.29) is 11.9 Å². The number of hydrogen-bond donors (Lipinski definition) is 0. The van der Waals surface area contributed by atoms with Crippen LogP contribution in [0.25, 0.3) is 0 Å². The Morgan fingerprint density at radius 1 is 1.36 bits per heavy atom. The van der Waals surface area contributed by atoms with E-state index in [9.17, 15) is 4.79 Å². The summed E-state index contributed by atoms with van der Waals surface area (Å²) < 4.78 is 0. The van der Waals surface area contributed by atoms with Gasteiger partial charge >= 0.3 is 0 Å². The van der Waals surface area contributed by atoms with Gasteiger partial charge in [-0.1, -0.05) is 30.3 Å². The Labute approximate surface area is 82.6 Å². The van der Waals surface area contributed by atoms with Crippen LogP contribution in [-0.2, 0) is 4.79 Å². The molecule has 1 aliphatic heterocycles. The van der Waals surface area contributed by atoms with Crippen LogP contribution < -0.4 is 0 Å². The summed E-state index contributed by atoms with van der Waals surface area (Å²) in [6.45, 7) is 0. The maximum Gasteiger partial charge on any atom is 0.242 e. The highest BCUT2D eigenvalue weighted by molar-refractivity contribution is 5.88. The molecule has 14 heavy (non-hydrogen) atoms. The first-order valence-corrected chi connectivity index (χ1v) is 4.47. The van der Waals surface area contributed by atoms with E-state index < -0.39 is 5.92 Å². The number of carbonyl (C=O) groups excluding carboxylic acids is 1. The number of β-lactam (4-membered cyclic amide) rings is 1. The zero-order chi connectivity index (χ0) is 10.1. The number of nitrogens with zero attached hydrogens (tertiary/aromatic N) is 2. The van der Waals surface area contributed by atoms with Gasteiger partial charge in [-0.05, 0) is 5.56 Å². The highest BCUT2D eigenvalue weighted by Crippen LogP contribution is 2.37. The number of likely N-dealkylation sites (tertiary alicyclic amines) is 1. The van der Waals surface area contributed by atoms with Gasteiger partial charge in [0.05, 0.1) is 12.1 Å². The number of rotatable bonds is 1. The molecule has 2 atom stereocenters. The molecule has 3 nitrogen and oxygen atoms in total. The van der Waals surface area contributed by atoms with Gasteiger partial charge in [-0.3, -0.25) is 4.79 Å². The van der Waals surface area contributed by atoms with Gasteiger partial charge in [0, 0.05) is 7.05 Å². The third kappa shape index (κ3) is 1.08. The minimum atomic E-state index is -0.498. The summed E-state index contributed by atoms with van der Waals surface area (Å²) in [4.78, 5) is 12.9. The van der Waals surface area contributed by atoms with E-state index in [1.54, 1.807) is 11.9 Å². The maximum absolute atomic E-state index is 11.3. The lowest BCUT2D eigenvalue weighted by Crippen LogP contribution is -2.51. The summed E-state index contributed by atoms with van der Waals surface area (Å²) in [6, 6.07) is 11.6. The Balaban J connectivity index is 2.29. The molecular formula is C11H10N2O. The lowest BCUT2D eigenvalue weighted by atomic mass is 9.84. The van der Waals surface area contributed by atoms with Crippen LogP contribution in [-0.4, -0.2) is 17.9 Å². The first-order chi connectivity index (χ1) is 6.75. The lowest BCUT2D eigenvalue weighted by Gasteiger charge is -2.41. The van der Waals surface area contributed by atoms with Crippen molar-refractivity contribution in [3.05, 3.63) is 35.9 Å². The monoisotopic (exact) mass is 186 g/mol. The molecule has 0 bridgehead atoms. The van der Waals surface area contributed by atoms with Crippen LogP contribution >= 0.6 is 0 Å². The van der Waals surface area contributed by atoms with E-state index in [0.29, 0.717) is 0 Å². The van der Waals surface area contributed by atoms with Crippen LogP contribution in [0.2, 0.25) is 0 Å². The fraction of sp³-hybridized carbons (Fsp3) is 0.273. The molecule has 0 N–H and O–H groups in total. The molecule has 3 heteroatoms. The molecule has 0 aliphatic carbocycles. The van der Waals surface area contributed by atoms with Gasteiger partial charge in [-0.25, -0.2) is 0 Å². The molecule has 0 spiro atoms. The van der Waals surface area contributed by atoms with Crippen molar-refractivity contribution in [2.45, 2.75) is 6.04 Å². The van der Waals surface area contributed by atoms with Crippen LogP contribution in [0.4, 0.5) is 0 Å². The minimum Gasteiger partial charge on any atom is -0.336 e. The first kappa shape index (κ1) is 8.76. The number of nitriles is 1. The molecule has 1 heterocycles. The Morgan fingerprint density at radius 2 is 2.00 bits per heavy atom. The van der Waals surface area contributed by atoms with Crippen LogP contribution in [0.3, 0.4) is 0 Å². The van der Waals surface area contributed by atoms with Crippen molar-refractivity contribution < 1.29 is 4.79 Å². The van der Waals surface area contributed by atoms with Gasteiger partial charge < -0.3 is 4.90 Å². The van der Waals surface area contributed by atoms with Crippen molar-refractivity contribution in [1.29, 1.82) is 5.26 Å². The predicted molar refractivity (Wildman–Crippen MR) is 51.1 cm³/mol. The fourth-order valence-electron chi connectivity index (χ4n) is 1.83. The smallest absolute Gasteiger partial charge is 0.242 e. The Morgan fingerprint density at radius 3 is 2.57 bits per heavy atom. The largest absolute Gasteiger partial charge is 0.336 e. The van der Waals surface area contributed by atoms with Crippen molar-refractivity contribution in [3.63, 3.8) is 0 Å². The molecule has 2 rings (SSSR count). The average molecular weight is 186 g/mol. The maximum atomic E-state index is 11.3. The quantitative estimate of drug-likeness (QED) is 0.621. The second kappa shape index (κ2) is 3.15. The molecule has 0 saturated carbocycles. The normalized spacial score (nSPS) is 25.4. The standard InChI is InChI=1S/C11H10N2O/c1-13-10(9(7-12)11(13)14)8-5-3-2-4-6-8/h2-6,9-10H,1H3/t9-,10+/m1/s1. The third-order valence-corrected chi connectivity index (χ3v) is 2.63. The highest BCUT2D eigenvalue weighted by Gasteiger charge is 2.45. The summed E-state index contributed by atoms with van der Waals surface area (Å²) in [5.41, 5.74) is 1.03. The van der Waals surface area contributed by atoms with E-state index in [1.807, 2.05) is 36.4 Å². The van der Waals surface area contributed by atoms with E-state index in [4.69, 9.17) is 5.26 Å². The van der Waals surface area contributed by atoms with Gasteiger partial charge in [0.2, 0.25) is 5.91 Å². The van der Waals surface area contributed by atoms with Crippen molar-refractivity contribution in [2.75, 3.05) is 7.05 Å². The topological polar surface area (TPSA) is 44.1 Å². The molecule has 70 valence electrons. The van der Waals surface area contributed by atoms with Crippen molar-refractivity contribution >= 4 is 5.91 Å². The van der Waals surface area contributed by atoms with Crippen LogP contribution in [0.5, 0.6) is 0 Å². The summed E-state index contributed by atoms with van der Waals surface area (Å²) in [5, 5.41) is 8.81. The van der Waals surface area contributed by atoms with Crippen molar-refractivity contribution in [2.24, 2.45) is 5.92 Å². The van der Waals surface area contributed by atoms with E-state index >= 15 is 0 Å². The second-order valence-electron chi connectivity index (χ2n) is 3.41. The molecular weight excluding hydrogens is 176 g/mol. The summed E-state index contributed by atoms with van der Waals surface area (Å²) in [5.74, 6) is -0.580. The van der Waals surface area contributed by atoms with Crippen LogP contribution in [0, 0.1) is 17.2 Å². The minimum absolute atomic E-state index is 0.0614. The average Bonchev–Trinajstić information content (AvgIpc) is 2.25. The van der Waals surface area contributed by atoms with E-state index in [0.717, 1.165) is 5.56 Å². The van der Waals surface area contributed by atoms with Gasteiger partial charge in [-0.2, -0.15) is 5.26 Å². The Bertz CT molecular complexity index is 393. The summed E-state index contributed by atoms with van der Waals surface area (Å²) in [6.07, 6.45) is 0. The molecule has 1 fully saturated rings.